The van der Waals surface area contributed by atoms with Crippen molar-refractivity contribution >= 4 is 0 Å². The number of benzene rings is 1. The van der Waals surface area contributed by atoms with Crippen LogP contribution in [0.2, 0.25) is 0 Å². The highest BCUT2D eigenvalue weighted by atomic mass is 19.1. The van der Waals surface area contributed by atoms with Gasteiger partial charge in [0, 0.05) is 18.5 Å². The SMILES string of the molecule is CCNCCc1ncc(-c2cccc(F)c2)o1. The molecule has 0 aliphatic rings. The molecule has 1 aromatic heterocycles. The zero-order valence-electron chi connectivity index (χ0n) is 9.74. The van der Waals surface area contributed by atoms with Crippen LogP contribution in [-0.4, -0.2) is 18.1 Å². The number of hydrogen-bond acceptors (Lipinski definition) is 3. The van der Waals surface area contributed by atoms with E-state index in [1.54, 1.807) is 18.3 Å². The molecule has 90 valence electrons. The Balaban J connectivity index is 2.07. The number of nitrogens with one attached hydrogen (secondary N) is 1. The van der Waals surface area contributed by atoms with Crippen molar-refractivity contribution < 1.29 is 8.81 Å². The number of aromatic nitrogens is 1. The van der Waals surface area contributed by atoms with E-state index < -0.39 is 0 Å². The molecular weight excluding hydrogens is 219 g/mol. The predicted octanol–water partition coefficient (Wildman–Crippen LogP) is 2.63. The summed E-state index contributed by atoms with van der Waals surface area (Å²) in [5.41, 5.74) is 0.715. The van der Waals surface area contributed by atoms with E-state index in [0.717, 1.165) is 19.5 Å². The summed E-state index contributed by atoms with van der Waals surface area (Å²) in [6.07, 6.45) is 2.37. The summed E-state index contributed by atoms with van der Waals surface area (Å²) in [6.45, 7) is 3.81. The fourth-order valence-electron chi connectivity index (χ4n) is 1.57. The van der Waals surface area contributed by atoms with Gasteiger partial charge >= 0.3 is 0 Å². The van der Waals surface area contributed by atoms with E-state index in [-0.39, 0.29) is 5.82 Å². The molecule has 0 fully saturated rings. The van der Waals surface area contributed by atoms with Crippen LogP contribution >= 0.6 is 0 Å². The first-order valence-electron chi connectivity index (χ1n) is 5.71. The lowest BCUT2D eigenvalue weighted by molar-refractivity contribution is 0.496. The van der Waals surface area contributed by atoms with Crippen molar-refractivity contribution in [1.82, 2.24) is 10.3 Å². The molecule has 0 saturated carbocycles. The van der Waals surface area contributed by atoms with Crippen LogP contribution in [0.15, 0.2) is 34.9 Å². The summed E-state index contributed by atoms with van der Waals surface area (Å²) in [5, 5.41) is 3.19. The Morgan fingerprint density at radius 3 is 3.06 bits per heavy atom. The van der Waals surface area contributed by atoms with Crippen molar-refractivity contribution in [2.75, 3.05) is 13.1 Å². The molecule has 0 bridgehead atoms. The van der Waals surface area contributed by atoms with Gasteiger partial charge < -0.3 is 9.73 Å². The lowest BCUT2D eigenvalue weighted by Gasteiger charge is -1.98. The topological polar surface area (TPSA) is 38.1 Å². The van der Waals surface area contributed by atoms with E-state index in [9.17, 15) is 4.39 Å². The van der Waals surface area contributed by atoms with Gasteiger partial charge in [0.15, 0.2) is 11.7 Å². The van der Waals surface area contributed by atoms with Crippen molar-refractivity contribution in [3.8, 4) is 11.3 Å². The number of likely N-dealkylation sites (N-methyl/N-ethyl adjacent to an activating group) is 1. The minimum Gasteiger partial charge on any atom is -0.441 e. The summed E-state index contributed by atoms with van der Waals surface area (Å²) in [7, 11) is 0. The van der Waals surface area contributed by atoms with E-state index in [0.29, 0.717) is 17.2 Å². The Morgan fingerprint density at radius 1 is 1.41 bits per heavy atom. The lowest BCUT2D eigenvalue weighted by Crippen LogP contribution is -2.16. The smallest absolute Gasteiger partial charge is 0.196 e. The summed E-state index contributed by atoms with van der Waals surface area (Å²) in [5.74, 6) is 1.01. The van der Waals surface area contributed by atoms with Gasteiger partial charge in [-0.25, -0.2) is 9.37 Å². The van der Waals surface area contributed by atoms with Crippen LogP contribution in [0.1, 0.15) is 12.8 Å². The molecule has 2 aromatic rings. The van der Waals surface area contributed by atoms with Crippen molar-refractivity contribution in [1.29, 1.82) is 0 Å². The first kappa shape index (κ1) is 11.8. The van der Waals surface area contributed by atoms with Crippen molar-refractivity contribution in [3.05, 3.63) is 42.2 Å². The Bertz CT molecular complexity index is 482. The summed E-state index contributed by atoms with van der Waals surface area (Å²) in [4.78, 5) is 4.16. The second kappa shape index (κ2) is 5.59. The largest absolute Gasteiger partial charge is 0.441 e. The highest BCUT2D eigenvalue weighted by Gasteiger charge is 2.06. The number of halogens is 1. The van der Waals surface area contributed by atoms with Crippen LogP contribution in [0.5, 0.6) is 0 Å². The quantitative estimate of drug-likeness (QED) is 0.808. The molecular formula is C13H15FN2O. The van der Waals surface area contributed by atoms with Gasteiger partial charge in [0.25, 0.3) is 0 Å². The Hall–Kier alpha value is -1.68. The molecule has 1 N–H and O–H groups in total. The van der Waals surface area contributed by atoms with Gasteiger partial charge in [0.2, 0.25) is 0 Å². The molecule has 1 heterocycles. The van der Waals surface area contributed by atoms with Gasteiger partial charge in [0.05, 0.1) is 6.20 Å². The standard InChI is InChI=1S/C13H15FN2O/c1-2-15-7-6-13-16-9-12(17-13)10-4-3-5-11(14)8-10/h3-5,8-9,15H,2,6-7H2,1H3. The molecule has 0 radical (unpaired) electrons. The normalized spacial score (nSPS) is 10.7. The van der Waals surface area contributed by atoms with Crippen molar-refractivity contribution in [3.63, 3.8) is 0 Å². The molecule has 0 saturated heterocycles. The minimum absolute atomic E-state index is 0.270. The maximum atomic E-state index is 13.0. The first-order chi connectivity index (χ1) is 8.29. The molecule has 0 atom stereocenters. The number of hydrogen-bond donors (Lipinski definition) is 1. The molecule has 3 nitrogen and oxygen atoms in total. The zero-order chi connectivity index (χ0) is 12.1. The van der Waals surface area contributed by atoms with Crippen LogP contribution in [0.3, 0.4) is 0 Å². The maximum Gasteiger partial charge on any atom is 0.196 e. The number of rotatable bonds is 5. The van der Waals surface area contributed by atoms with Gasteiger partial charge in [-0.2, -0.15) is 0 Å². The molecule has 0 aliphatic heterocycles. The molecule has 0 spiro atoms. The van der Waals surface area contributed by atoms with Crippen molar-refractivity contribution in [2.45, 2.75) is 13.3 Å². The fourth-order valence-corrected chi connectivity index (χ4v) is 1.57. The molecule has 0 unspecified atom stereocenters. The highest BCUT2D eigenvalue weighted by molar-refractivity contribution is 5.56. The molecule has 0 aliphatic carbocycles. The molecule has 17 heavy (non-hydrogen) atoms. The van der Waals surface area contributed by atoms with Crippen LogP contribution in [0, 0.1) is 5.82 Å². The fraction of sp³-hybridized carbons (Fsp3) is 0.308. The van der Waals surface area contributed by atoms with Gasteiger partial charge in [-0.1, -0.05) is 19.1 Å². The van der Waals surface area contributed by atoms with Gasteiger partial charge in [-0.05, 0) is 18.7 Å². The van der Waals surface area contributed by atoms with Gasteiger partial charge in [0.1, 0.15) is 5.82 Å². The summed E-state index contributed by atoms with van der Waals surface area (Å²) < 4.78 is 18.6. The monoisotopic (exact) mass is 234 g/mol. The molecule has 4 heteroatoms. The number of oxazole rings is 1. The van der Waals surface area contributed by atoms with E-state index >= 15 is 0 Å². The van der Waals surface area contributed by atoms with Crippen LogP contribution in [0.4, 0.5) is 4.39 Å². The average Bonchev–Trinajstić information content (AvgIpc) is 2.78. The average molecular weight is 234 g/mol. The van der Waals surface area contributed by atoms with E-state index in [4.69, 9.17) is 4.42 Å². The Morgan fingerprint density at radius 2 is 2.29 bits per heavy atom. The molecule has 2 rings (SSSR count). The second-order valence-corrected chi connectivity index (χ2v) is 3.73. The van der Waals surface area contributed by atoms with Crippen LogP contribution < -0.4 is 5.32 Å². The van der Waals surface area contributed by atoms with E-state index in [1.165, 1.54) is 12.1 Å². The Labute approximate surface area is 99.7 Å². The number of nitrogens with zero attached hydrogens (tertiary/aromatic N) is 1. The molecule has 1 aromatic carbocycles. The van der Waals surface area contributed by atoms with Crippen molar-refractivity contribution in [2.24, 2.45) is 0 Å². The van der Waals surface area contributed by atoms with Gasteiger partial charge in [-0.3, -0.25) is 0 Å². The third-order valence-corrected chi connectivity index (χ3v) is 2.43. The summed E-state index contributed by atoms with van der Waals surface area (Å²) in [6, 6.07) is 6.31. The highest BCUT2D eigenvalue weighted by Crippen LogP contribution is 2.20. The molecule has 0 amide bonds. The third kappa shape index (κ3) is 3.14. The first-order valence-corrected chi connectivity index (χ1v) is 5.71. The predicted molar refractivity (Wildman–Crippen MR) is 64.1 cm³/mol. The third-order valence-electron chi connectivity index (χ3n) is 2.43. The lowest BCUT2D eigenvalue weighted by atomic mass is 10.2. The second-order valence-electron chi connectivity index (χ2n) is 3.73. The maximum absolute atomic E-state index is 13.0. The summed E-state index contributed by atoms with van der Waals surface area (Å²) >= 11 is 0. The van der Waals surface area contributed by atoms with Gasteiger partial charge in [-0.15, -0.1) is 0 Å². The van der Waals surface area contributed by atoms with E-state index in [2.05, 4.69) is 10.3 Å². The Kier molecular flexibility index (Phi) is 3.88. The van der Waals surface area contributed by atoms with Crippen LogP contribution in [0.25, 0.3) is 11.3 Å². The van der Waals surface area contributed by atoms with Crippen LogP contribution in [-0.2, 0) is 6.42 Å². The zero-order valence-corrected chi connectivity index (χ0v) is 9.74. The minimum atomic E-state index is -0.270. The van der Waals surface area contributed by atoms with E-state index in [1.807, 2.05) is 6.92 Å².